The summed E-state index contributed by atoms with van der Waals surface area (Å²) in [6.45, 7) is 3.48. The molecule has 1 rings (SSSR count). The maximum Gasteiger partial charge on any atom is 0.244 e. The third-order valence-electron chi connectivity index (χ3n) is 1.92. The van der Waals surface area contributed by atoms with Gasteiger partial charge in [-0.2, -0.15) is 4.31 Å². The molecule has 0 aliphatic carbocycles. The molecule has 0 amide bonds. The number of hydrogen-bond donors (Lipinski definition) is 1. The summed E-state index contributed by atoms with van der Waals surface area (Å²) in [7, 11) is -2.01. The molecule has 0 spiro atoms. The number of thiophene rings is 1. The van der Waals surface area contributed by atoms with Gasteiger partial charge in [0, 0.05) is 18.5 Å². The molecule has 0 atom stereocenters. The summed E-state index contributed by atoms with van der Waals surface area (Å²) < 4.78 is 25.1. The summed E-state index contributed by atoms with van der Waals surface area (Å²) in [6, 6.07) is 1.51. The van der Waals surface area contributed by atoms with Crippen molar-refractivity contribution < 1.29 is 13.5 Å². The van der Waals surface area contributed by atoms with Crippen LogP contribution in [-0.4, -0.2) is 31.4 Å². The molecule has 4 nitrogen and oxygen atoms in total. The first-order valence-electron chi connectivity index (χ1n) is 4.28. The van der Waals surface area contributed by atoms with Gasteiger partial charge in [-0.25, -0.2) is 8.42 Å². The van der Waals surface area contributed by atoms with Crippen molar-refractivity contribution in [2.75, 3.05) is 13.6 Å². The quantitative estimate of drug-likeness (QED) is 0.791. The average Bonchev–Trinajstić information content (AvgIpc) is 2.66. The van der Waals surface area contributed by atoms with E-state index in [0.717, 1.165) is 0 Å². The summed E-state index contributed by atoms with van der Waals surface area (Å²) >= 11 is 1.23. The first-order valence-corrected chi connectivity index (χ1v) is 6.60. The number of sulfonamides is 1. The molecule has 1 heterocycles. The Balaban J connectivity index is 3.11. The highest BCUT2D eigenvalue weighted by Gasteiger charge is 2.23. The van der Waals surface area contributed by atoms with Crippen molar-refractivity contribution in [3.05, 3.63) is 29.0 Å². The van der Waals surface area contributed by atoms with Crippen molar-refractivity contribution in [2.45, 2.75) is 11.5 Å². The van der Waals surface area contributed by atoms with Crippen LogP contribution in [0.1, 0.15) is 4.88 Å². The van der Waals surface area contributed by atoms with Gasteiger partial charge in [0.1, 0.15) is 0 Å². The second kappa shape index (κ2) is 4.89. The van der Waals surface area contributed by atoms with Crippen LogP contribution in [0.25, 0.3) is 0 Å². The zero-order valence-electron chi connectivity index (χ0n) is 8.38. The van der Waals surface area contributed by atoms with Crippen LogP contribution in [0.15, 0.2) is 29.0 Å². The molecule has 0 bridgehead atoms. The molecular formula is C9H13NO3S2. The van der Waals surface area contributed by atoms with Gasteiger partial charge in [-0.3, -0.25) is 0 Å². The molecule has 0 aromatic carbocycles. The molecule has 0 aliphatic rings. The average molecular weight is 247 g/mol. The van der Waals surface area contributed by atoms with E-state index in [1.807, 2.05) is 0 Å². The number of nitrogens with zero attached hydrogens (tertiary/aromatic N) is 1. The highest BCUT2D eigenvalue weighted by Crippen LogP contribution is 2.24. The minimum Gasteiger partial charge on any atom is -0.391 e. The Kier molecular flexibility index (Phi) is 4.04. The standard InChI is InChI=1S/C9H13NO3S2/c1-3-5-10(2)15(12,13)9-4-6-14-8(9)7-11/h3-4,6,11H,1,5,7H2,2H3. The summed E-state index contributed by atoms with van der Waals surface area (Å²) in [5.74, 6) is 0. The summed E-state index contributed by atoms with van der Waals surface area (Å²) in [6.07, 6.45) is 1.52. The fourth-order valence-electron chi connectivity index (χ4n) is 1.12. The van der Waals surface area contributed by atoms with Crippen LogP contribution in [0.2, 0.25) is 0 Å². The van der Waals surface area contributed by atoms with E-state index in [1.54, 1.807) is 5.38 Å². The predicted octanol–water partition coefficient (Wildman–Crippen LogP) is 1.05. The van der Waals surface area contributed by atoms with Gasteiger partial charge in [-0.05, 0) is 11.4 Å². The molecule has 84 valence electrons. The van der Waals surface area contributed by atoms with Crippen LogP contribution in [0.4, 0.5) is 0 Å². The third kappa shape index (κ3) is 2.46. The number of rotatable bonds is 5. The number of aliphatic hydroxyl groups is 1. The van der Waals surface area contributed by atoms with Crippen LogP contribution in [0.5, 0.6) is 0 Å². The Labute approximate surface area is 93.5 Å². The molecule has 0 radical (unpaired) electrons. The number of hydrogen-bond acceptors (Lipinski definition) is 4. The Morgan fingerprint density at radius 2 is 2.33 bits per heavy atom. The van der Waals surface area contributed by atoms with Crippen LogP contribution in [0.3, 0.4) is 0 Å². The van der Waals surface area contributed by atoms with E-state index in [2.05, 4.69) is 6.58 Å². The lowest BCUT2D eigenvalue weighted by Crippen LogP contribution is -2.27. The Hall–Kier alpha value is -0.690. The van der Waals surface area contributed by atoms with Gasteiger partial charge >= 0.3 is 0 Å². The van der Waals surface area contributed by atoms with Crippen molar-refractivity contribution in [3.63, 3.8) is 0 Å². The van der Waals surface area contributed by atoms with Crippen molar-refractivity contribution >= 4 is 21.4 Å². The first-order chi connectivity index (χ1) is 7.04. The van der Waals surface area contributed by atoms with E-state index in [0.29, 0.717) is 4.88 Å². The highest BCUT2D eigenvalue weighted by molar-refractivity contribution is 7.89. The normalized spacial score (nSPS) is 11.9. The Morgan fingerprint density at radius 1 is 1.67 bits per heavy atom. The van der Waals surface area contributed by atoms with Gasteiger partial charge in [-0.15, -0.1) is 17.9 Å². The van der Waals surface area contributed by atoms with E-state index in [4.69, 9.17) is 5.11 Å². The van der Waals surface area contributed by atoms with E-state index in [9.17, 15) is 8.42 Å². The lowest BCUT2D eigenvalue weighted by Gasteiger charge is -2.14. The lowest BCUT2D eigenvalue weighted by molar-refractivity contribution is 0.282. The van der Waals surface area contributed by atoms with E-state index < -0.39 is 10.0 Å². The fraction of sp³-hybridized carbons (Fsp3) is 0.333. The second-order valence-corrected chi connectivity index (χ2v) is 5.95. The second-order valence-electron chi connectivity index (χ2n) is 2.94. The van der Waals surface area contributed by atoms with Gasteiger partial charge in [0.15, 0.2) is 0 Å². The molecule has 6 heteroatoms. The molecule has 1 aromatic rings. The van der Waals surface area contributed by atoms with E-state index in [1.165, 1.54) is 34.8 Å². The monoisotopic (exact) mass is 247 g/mol. The largest absolute Gasteiger partial charge is 0.391 e. The molecule has 0 aliphatic heterocycles. The number of aliphatic hydroxyl groups excluding tert-OH is 1. The third-order valence-corrected chi connectivity index (χ3v) is 4.87. The Morgan fingerprint density at radius 3 is 2.87 bits per heavy atom. The molecule has 0 saturated carbocycles. The lowest BCUT2D eigenvalue weighted by atomic mass is 10.5. The maximum atomic E-state index is 11.9. The molecular weight excluding hydrogens is 234 g/mol. The zero-order chi connectivity index (χ0) is 11.5. The van der Waals surface area contributed by atoms with Gasteiger partial charge in [0.2, 0.25) is 10.0 Å². The fourth-order valence-corrected chi connectivity index (χ4v) is 3.53. The minimum absolute atomic E-state index is 0.180. The van der Waals surface area contributed by atoms with Crippen molar-refractivity contribution in [3.8, 4) is 0 Å². The minimum atomic E-state index is -3.49. The highest BCUT2D eigenvalue weighted by atomic mass is 32.2. The van der Waals surface area contributed by atoms with Gasteiger partial charge < -0.3 is 5.11 Å². The zero-order valence-corrected chi connectivity index (χ0v) is 10.0. The molecule has 1 N–H and O–H groups in total. The topological polar surface area (TPSA) is 57.6 Å². The summed E-state index contributed by atoms with van der Waals surface area (Å²) in [5.41, 5.74) is 0. The van der Waals surface area contributed by atoms with Gasteiger partial charge in [0.05, 0.1) is 11.5 Å². The van der Waals surface area contributed by atoms with Crippen molar-refractivity contribution in [1.29, 1.82) is 0 Å². The Bertz CT molecular complexity index is 436. The van der Waals surface area contributed by atoms with Crippen molar-refractivity contribution in [1.82, 2.24) is 4.31 Å². The van der Waals surface area contributed by atoms with E-state index >= 15 is 0 Å². The molecule has 15 heavy (non-hydrogen) atoms. The van der Waals surface area contributed by atoms with Gasteiger partial charge in [-0.1, -0.05) is 6.08 Å². The smallest absolute Gasteiger partial charge is 0.244 e. The van der Waals surface area contributed by atoms with Crippen LogP contribution < -0.4 is 0 Å². The van der Waals surface area contributed by atoms with Crippen molar-refractivity contribution in [2.24, 2.45) is 0 Å². The summed E-state index contributed by atoms with van der Waals surface area (Å²) in [4.78, 5) is 0.644. The molecule has 0 fully saturated rings. The molecule has 0 unspecified atom stereocenters. The SMILES string of the molecule is C=CCN(C)S(=O)(=O)c1ccsc1CO. The first kappa shape index (κ1) is 12.4. The van der Waals surface area contributed by atoms with Crippen LogP contribution in [-0.2, 0) is 16.6 Å². The molecule has 1 aromatic heterocycles. The van der Waals surface area contributed by atoms with Crippen LogP contribution in [0, 0.1) is 0 Å². The van der Waals surface area contributed by atoms with Gasteiger partial charge in [0.25, 0.3) is 0 Å². The van der Waals surface area contributed by atoms with E-state index in [-0.39, 0.29) is 18.0 Å². The predicted molar refractivity (Wildman–Crippen MR) is 60.3 cm³/mol. The number of likely N-dealkylation sites (N-methyl/N-ethyl adjacent to an activating group) is 1. The maximum absolute atomic E-state index is 11.9. The molecule has 0 saturated heterocycles. The van der Waals surface area contributed by atoms with Crippen LogP contribution >= 0.6 is 11.3 Å². The summed E-state index contributed by atoms with van der Waals surface area (Å²) in [5, 5.41) is 10.6.